The summed E-state index contributed by atoms with van der Waals surface area (Å²) >= 11 is 5.80. The van der Waals surface area contributed by atoms with Crippen LogP contribution in [-0.2, 0) is 0 Å². The highest BCUT2D eigenvalue weighted by molar-refractivity contribution is 6.31. The van der Waals surface area contributed by atoms with Gasteiger partial charge in [-0.05, 0) is 48.4 Å². The molecule has 0 bridgehead atoms. The molecule has 0 aliphatic heterocycles. The molecule has 5 heteroatoms. The summed E-state index contributed by atoms with van der Waals surface area (Å²) < 4.78 is 0. The van der Waals surface area contributed by atoms with Crippen molar-refractivity contribution in [2.24, 2.45) is 0 Å². The van der Waals surface area contributed by atoms with Crippen LogP contribution in [0.2, 0.25) is 5.02 Å². The summed E-state index contributed by atoms with van der Waals surface area (Å²) in [6.45, 7) is 1.44. The van der Waals surface area contributed by atoms with Crippen molar-refractivity contribution in [3.8, 4) is 16.9 Å². The Labute approximate surface area is 156 Å². The van der Waals surface area contributed by atoms with Crippen LogP contribution < -0.4 is 5.32 Å². The van der Waals surface area contributed by atoms with Gasteiger partial charge >= 0.3 is 0 Å². The Morgan fingerprint density at radius 3 is 2.23 bits per heavy atom. The van der Waals surface area contributed by atoms with Gasteiger partial charge in [-0.2, -0.15) is 0 Å². The number of phenols is 1. The van der Waals surface area contributed by atoms with E-state index in [0.29, 0.717) is 16.3 Å². The number of halogens is 1. The van der Waals surface area contributed by atoms with E-state index in [4.69, 9.17) is 11.6 Å². The van der Waals surface area contributed by atoms with Crippen LogP contribution in [0, 0.1) is 0 Å². The van der Waals surface area contributed by atoms with Crippen molar-refractivity contribution in [2.45, 2.75) is 6.92 Å². The lowest BCUT2D eigenvalue weighted by molar-refractivity contribution is 0.101. The Morgan fingerprint density at radius 2 is 1.58 bits per heavy atom. The van der Waals surface area contributed by atoms with Crippen LogP contribution in [0.25, 0.3) is 11.1 Å². The maximum Gasteiger partial charge on any atom is 0.259 e. The molecule has 3 rings (SSSR count). The van der Waals surface area contributed by atoms with Crippen molar-refractivity contribution in [3.05, 3.63) is 82.9 Å². The average molecular weight is 366 g/mol. The highest BCUT2D eigenvalue weighted by atomic mass is 35.5. The van der Waals surface area contributed by atoms with E-state index < -0.39 is 5.91 Å². The Bertz CT molecular complexity index is 984. The number of carbonyl (C=O) groups is 2. The minimum absolute atomic E-state index is 0.0778. The molecule has 0 aliphatic rings. The lowest BCUT2D eigenvalue weighted by Gasteiger charge is -2.12. The second kappa shape index (κ2) is 7.42. The summed E-state index contributed by atoms with van der Waals surface area (Å²) in [5.41, 5.74) is 2.69. The molecular formula is C21H16ClNO3. The average Bonchev–Trinajstić information content (AvgIpc) is 2.62. The first-order chi connectivity index (χ1) is 12.5. The van der Waals surface area contributed by atoms with Gasteiger partial charge in [0, 0.05) is 10.6 Å². The molecule has 2 N–H and O–H groups in total. The van der Waals surface area contributed by atoms with E-state index in [-0.39, 0.29) is 17.1 Å². The van der Waals surface area contributed by atoms with Crippen LogP contribution in [0.3, 0.4) is 0 Å². The molecule has 4 nitrogen and oxygen atoms in total. The first kappa shape index (κ1) is 17.7. The van der Waals surface area contributed by atoms with E-state index in [1.54, 1.807) is 12.1 Å². The summed E-state index contributed by atoms with van der Waals surface area (Å²) in [5.74, 6) is -0.911. The van der Waals surface area contributed by atoms with Crippen molar-refractivity contribution >= 4 is 29.0 Å². The fourth-order valence-electron chi connectivity index (χ4n) is 2.65. The van der Waals surface area contributed by atoms with Gasteiger partial charge < -0.3 is 10.4 Å². The number of ketones is 1. The quantitative estimate of drug-likeness (QED) is 0.627. The second-order valence-electron chi connectivity index (χ2n) is 5.80. The molecule has 0 saturated heterocycles. The predicted octanol–water partition coefficient (Wildman–Crippen LogP) is 5.17. The third-order valence-electron chi connectivity index (χ3n) is 3.96. The van der Waals surface area contributed by atoms with Crippen molar-refractivity contribution in [3.63, 3.8) is 0 Å². The van der Waals surface area contributed by atoms with Gasteiger partial charge in [-0.15, -0.1) is 0 Å². The molecule has 3 aromatic carbocycles. The van der Waals surface area contributed by atoms with E-state index in [1.807, 2.05) is 36.4 Å². The van der Waals surface area contributed by atoms with E-state index in [2.05, 4.69) is 5.32 Å². The minimum Gasteiger partial charge on any atom is -0.507 e. The minimum atomic E-state index is -0.521. The number of carbonyl (C=O) groups excluding carboxylic acids is 2. The van der Waals surface area contributed by atoms with Gasteiger partial charge in [0.05, 0.1) is 11.3 Å². The van der Waals surface area contributed by atoms with Crippen LogP contribution in [0.1, 0.15) is 27.6 Å². The van der Waals surface area contributed by atoms with Crippen molar-refractivity contribution in [1.82, 2.24) is 0 Å². The molecule has 26 heavy (non-hydrogen) atoms. The fraction of sp³-hybridized carbons (Fsp3) is 0.0476. The molecule has 0 saturated carbocycles. The zero-order chi connectivity index (χ0) is 18.7. The number of phenolic OH excluding ortho intramolecular Hbond substituents is 1. The van der Waals surface area contributed by atoms with Gasteiger partial charge in [0.1, 0.15) is 5.75 Å². The Morgan fingerprint density at radius 1 is 0.885 bits per heavy atom. The number of nitrogens with one attached hydrogen (secondary N) is 1. The van der Waals surface area contributed by atoms with Crippen LogP contribution in [0.4, 0.5) is 5.69 Å². The first-order valence-electron chi connectivity index (χ1n) is 7.96. The van der Waals surface area contributed by atoms with E-state index in [0.717, 1.165) is 11.1 Å². The zero-order valence-electron chi connectivity index (χ0n) is 14.0. The molecule has 0 unspecified atom stereocenters. The molecule has 0 aliphatic carbocycles. The first-order valence-corrected chi connectivity index (χ1v) is 8.34. The van der Waals surface area contributed by atoms with Gasteiger partial charge in [0.25, 0.3) is 5.91 Å². The monoisotopic (exact) mass is 365 g/mol. The third kappa shape index (κ3) is 3.76. The molecular weight excluding hydrogens is 350 g/mol. The molecule has 0 heterocycles. The lowest BCUT2D eigenvalue weighted by atomic mass is 10.0. The maximum absolute atomic E-state index is 12.5. The Kier molecular flexibility index (Phi) is 5.05. The standard InChI is InChI=1S/C21H16ClNO3/c1-13(24)17-9-7-15(14-5-3-2-4-6-14)11-19(17)23-21(26)18-10-8-16(22)12-20(18)25/h2-12,25H,1H3,(H,23,26). The van der Waals surface area contributed by atoms with Crippen molar-refractivity contribution in [1.29, 1.82) is 0 Å². The Hall–Kier alpha value is -3.11. The number of hydrogen-bond acceptors (Lipinski definition) is 3. The largest absolute Gasteiger partial charge is 0.507 e. The van der Waals surface area contributed by atoms with Crippen LogP contribution in [0.15, 0.2) is 66.7 Å². The third-order valence-corrected chi connectivity index (χ3v) is 4.19. The van der Waals surface area contributed by atoms with Gasteiger partial charge in [-0.25, -0.2) is 0 Å². The predicted molar refractivity (Wildman–Crippen MR) is 103 cm³/mol. The number of aromatic hydroxyl groups is 1. The number of Topliss-reactive ketones (excluding diaryl/α,β-unsaturated/α-hetero) is 1. The van der Waals surface area contributed by atoms with Crippen molar-refractivity contribution in [2.75, 3.05) is 5.32 Å². The highest BCUT2D eigenvalue weighted by Gasteiger charge is 2.16. The smallest absolute Gasteiger partial charge is 0.259 e. The van der Waals surface area contributed by atoms with Crippen molar-refractivity contribution < 1.29 is 14.7 Å². The topological polar surface area (TPSA) is 66.4 Å². The second-order valence-corrected chi connectivity index (χ2v) is 6.23. The molecule has 0 aromatic heterocycles. The van der Waals surface area contributed by atoms with Gasteiger partial charge in [-0.3, -0.25) is 9.59 Å². The fourth-order valence-corrected chi connectivity index (χ4v) is 2.82. The van der Waals surface area contributed by atoms with Crippen LogP contribution in [0.5, 0.6) is 5.75 Å². The van der Waals surface area contributed by atoms with Gasteiger partial charge in [-0.1, -0.05) is 48.0 Å². The normalized spacial score (nSPS) is 10.4. The molecule has 0 atom stereocenters. The lowest BCUT2D eigenvalue weighted by Crippen LogP contribution is -2.14. The number of anilines is 1. The van der Waals surface area contributed by atoms with Crippen LogP contribution in [-0.4, -0.2) is 16.8 Å². The number of amides is 1. The summed E-state index contributed by atoms with van der Waals surface area (Å²) in [6, 6.07) is 19.1. The van der Waals surface area contributed by atoms with E-state index in [9.17, 15) is 14.7 Å². The summed E-state index contributed by atoms with van der Waals surface area (Å²) in [5, 5.41) is 13.0. The highest BCUT2D eigenvalue weighted by Crippen LogP contribution is 2.28. The molecule has 0 fully saturated rings. The Balaban J connectivity index is 1.99. The van der Waals surface area contributed by atoms with E-state index >= 15 is 0 Å². The van der Waals surface area contributed by atoms with Gasteiger partial charge in [0.15, 0.2) is 5.78 Å². The maximum atomic E-state index is 12.5. The molecule has 130 valence electrons. The number of rotatable bonds is 4. The summed E-state index contributed by atoms with van der Waals surface area (Å²) in [7, 11) is 0. The van der Waals surface area contributed by atoms with Gasteiger partial charge in [0.2, 0.25) is 0 Å². The van der Waals surface area contributed by atoms with E-state index in [1.165, 1.54) is 25.1 Å². The number of benzene rings is 3. The summed E-state index contributed by atoms with van der Waals surface area (Å²) in [4.78, 5) is 24.5. The van der Waals surface area contributed by atoms with Crippen LogP contribution >= 0.6 is 11.6 Å². The SMILES string of the molecule is CC(=O)c1ccc(-c2ccccc2)cc1NC(=O)c1ccc(Cl)cc1O. The molecule has 0 radical (unpaired) electrons. The summed E-state index contributed by atoms with van der Waals surface area (Å²) in [6.07, 6.45) is 0. The molecule has 3 aromatic rings. The molecule has 0 spiro atoms. The number of hydrogen-bond donors (Lipinski definition) is 2. The zero-order valence-corrected chi connectivity index (χ0v) is 14.7. The molecule has 1 amide bonds.